The number of carbonyl (C=O) groups is 1. The van der Waals surface area contributed by atoms with E-state index in [0.717, 1.165) is 10.8 Å². The highest BCUT2D eigenvalue weighted by atomic mass is 16.4. The number of fused-ring (bicyclic) bond motifs is 1. The molecule has 8 N–H and O–H groups in total. The topological polar surface area (TPSA) is 149 Å². The Bertz CT molecular complexity index is 1060. The average molecular weight is 347 g/mol. The Labute approximate surface area is 149 Å². The van der Waals surface area contributed by atoms with Crippen LogP contribution in [-0.4, -0.2) is 22.9 Å². The number of nitrogens with two attached hydrogens (primary N) is 2. The van der Waals surface area contributed by atoms with Crippen LogP contribution in [0.5, 0.6) is 0 Å². The summed E-state index contributed by atoms with van der Waals surface area (Å²) in [4.78, 5) is 11.8. The van der Waals surface area contributed by atoms with Gasteiger partial charge in [-0.15, -0.1) is 0 Å². The van der Waals surface area contributed by atoms with Gasteiger partial charge in [0.2, 0.25) is 0 Å². The molecule has 0 fully saturated rings. The Morgan fingerprint density at radius 2 is 1.58 bits per heavy atom. The van der Waals surface area contributed by atoms with E-state index in [1.807, 2.05) is 36.4 Å². The highest BCUT2D eigenvalue weighted by Gasteiger charge is 2.21. The second-order valence-electron chi connectivity index (χ2n) is 5.73. The summed E-state index contributed by atoms with van der Waals surface area (Å²) in [5, 5.41) is 29.5. The molecule has 0 aliphatic carbocycles. The average Bonchev–Trinajstić information content (AvgIpc) is 2.60. The molecule has 7 heteroatoms. The van der Waals surface area contributed by atoms with Crippen molar-refractivity contribution in [3.05, 3.63) is 65.7 Å². The number of carboxylic acid groups (broad SMARTS) is 1. The number of guanidine groups is 1. The summed E-state index contributed by atoms with van der Waals surface area (Å²) >= 11 is 0. The molecule has 0 aliphatic rings. The highest BCUT2D eigenvalue weighted by molar-refractivity contribution is 6.12. The van der Waals surface area contributed by atoms with Crippen molar-refractivity contribution in [2.45, 2.75) is 0 Å². The maximum Gasteiger partial charge on any atom is 0.336 e. The maximum atomic E-state index is 11.8. The SMILES string of the molecule is N=C(N)Nc1c(C(=N)N)ccc(C(=O)O)c1-c1ccc2ccccc2c1. The van der Waals surface area contributed by atoms with E-state index in [4.69, 9.17) is 22.3 Å². The van der Waals surface area contributed by atoms with E-state index in [1.54, 1.807) is 6.07 Å². The van der Waals surface area contributed by atoms with Crippen molar-refractivity contribution in [3.8, 4) is 11.1 Å². The van der Waals surface area contributed by atoms with E-state index in [9.17, 15) is 9.90 Å². The predicted molar refractivity (Wildman–Crippen MR) is 103 cm³/mol. The van der Waals surface area contributed by atoms with E-state index in [2.05, 4.69) is 5.32 Å². The van der Waals surface area contributed by atoms with Gasteiger partial charge in [-0.25, -0.2) is 4.79 Å². The molecular weight excluding hydrogens is 330 g/mol. The number of benzene rings is 3. The first-order valence-electron chi connectivity index (χ1n) is 7.73. The predicted octanol–water partition coefficient (Wildman–Crippen LogP) is 2.79. The third-order valence-corrected chi connectivity index (χ3v) is 4.02. The standard InChI is InChI=1S/C19H17N5O2/c20-17(21)14-8-7-13(18(25)26)15(16(14)24-19(22)23)12-6-5-10-3-1-2-4-11(10)9-12/h1-9H,(H3,20,21)(H,25,26)(H4,22,23,24). The van der Waals surface area contributed by atoms with E-state index in [0.29, 0.717) is 11.1 Å². The minimum Gasteiger partial charge on any atom is -0.478 e. The minimum absolute atomic E-state index is 0.0223. The Morgan fingerprint density at radius 3 is 2.19 bits per heavy atom. The lowest BCUT2D eigenvalue weighted by Crippen LogP contribution is -2.24. The highest BCUT2D eigenvalue weighted by Crippen LogP contribution is 2.36. The summed E-state index contributed by atoms with van der Waals surface area (Å²) in [5.74, 6) is -1.76. The molecule has 130 valence electrons. The van der Waals surface area contributed by atoms with E-state index in [-0.39, 0.29) is 28.6 Å². The molecule has 26 heavy (non-hydrogen) atoms. The largest absolute Gasteiger partial charge is 0.478 e. The molecule has 0 saturated carbocycles. The van der Waals surface area contributed by atoms with Crippen LogP contribution in [-0.2, 0) is 0 Å². The molecule has 7 nitrogen and oxygen atoms in total. The molecule has 0 amide bonds. The minimum atomic E-state index is -1.13. The quantitative estimate of drug-likeness (QED) is 0.317. The summed E-state index contributed by atoms with van der Waals surface area (Å²) in [6.45, 7) is 0. The van der Waals surface area contributed by atoms with E-state index >= 15 is 0 Å². The molecule has 3 aromatic rings. The fraction of sp³-hybridized carbons (Fsp3) is 0. The van der Waals surface area contributed by atoms with Gasteiger partial charge in [-0.05, 0) is 34.5 Å². The van der Waals surface area contributed by atoms with Crippen molar-refractivity contribution in [1.29, 1.82) is 10.8 Å². The van der Waals surface area contributed by atoms with Gasteiger partial charge >= 0.3 is 5.97 Å². The van der Waals surface area contributed by atoms with Crippen LogP contribution >= 0.6 is 0 Å². The number of nitrogens with one attached hydrogen (secondary N) is 3. The number of nitrogen functional groups attached to an aromatic ring is 1. The number of carboxylic acids is 1. The Kier molecular flexibility index (Phi) is 4.28. The lowest BCUT2D eigenvalue weighted by molar-refractivity contribution is 0.0697. The Morgan fingerprint density at radius 1 is 0.923 bits per heavy atom. The fourth-order valence-electron chi connectivity index (χ4n) is 2.91. The summed E-state index contributed by atoms with van der Waals surface area (Å²) in [6, 6.07) is 16.1. The number of anilines is 1. The van der Waals surface area contributed by atoms with Gasteiger partial charge in [0.25, 0.3) is 0 Å². The first kappa shape index (κ1) is 17.0. The normalized spacial score (nSPS) is 10.5. The Balaban J connectivity index is 2.37. The van der Waals surface area contributed by atoms with Crippen molar-refractivity contribution < 1.29 is 9.90 Å². The second kappa shape index (κ2) is 6.56. The number of aromatic carboxylic acids is 1. The molecule has 0 heterocycles. The van der Waals surface area contributed by atoms with Gasteiger partial charge in [-0.3, -0.25) is 10.8 Å². The van der Waals surface area contributed by atoms with Crippen molar-refractivity contribution in [2.24, 2.45) is 11.5 Å². The third kappa shape index (κ3) is 3.05. The number of hydrogen-bond acceptors (Lipinski definition) is 3. The summed E-state index contributed by atoms with van der Waals surface area (Å²) in [7, 11) is 0. The van der Waals surface area contributed by atoms with E-state index in [1.165, 1.54) is 12.1 Å². The van der Waals surface area contributed by atoms with Crippen LogP contribution in [0.15, 0.2) is 54.6 Å². The number of amidine groups is 1. The van der Waals surface area contributed by atoms with Crippen LogP contribution in [0.25, 0.3) is 21.9 Å². The van der Waals surface area contributed by atoms with Crippen molar-refractivity contribution in [2.75, 3.05) is 5.32 Å². The summed E-state index contributed by atoms with van der Waals surface area (Å²) in [5.41, 5.74) is 12.6. The van der Waals surface area contributed by atoms with Crippen molar-refractivity contribution >= 4 is 34.2 Å². The molecular formula is C19H17N5O2. The first-order chi connectivity index (χ1) is 12.4. The van der Waals surface area contributed by atoms with Gasteiger partial charge in [0.15, 0.2) is 5.96 Å². The first-order valence-corrected chi connectivity index (χ1v) is 7.73. The molecule has 3 aromatic carbocycles. The maximum absolute atomic E-state index is 11.8. The molecule has 0 bridgehead atoms. The van der Waals surface area contributed by atoms with E-state index < -0.39 is 5.97 Å². The van der Waals surface area contributed by atoms with Crippen LogP contribution < -0.4 is 16.8 Å². The second-order valence-corrected chi connectivity index (χ2v) is 5.73. The Hall–Kier alpha value is -3.87. The lowest BCUT2D eigenvalue weighted by Gasteiger charge is -2.18. The smallest absolute Gasteiger partial charge is 0.336 e. The zero-order valence-electron chi connectivity index (χ0n) is 13.7. The summed E-state index contributed by atoms with van der Waals surface area (Å²) < 4.78 is 0. The third-order valence-electron chi connectivity index (χ3n) is 4.02. The van der Waals surface area contributed by atoms with Gasteiger partial charge in [0, 0.05) is 11.1 Å². The van der Waals surface area contributed by atoms with Crippen LogP contribution in [0, 0.1) is 10.8 Å². The van der Waals surface area contributed by atoms with Gasteiger partial charge in [-0.2, -0.15) is 0 Å². The van der Waals surface area contributed by atoms with Crippen LogP contribution in [0.3, 0.4) is 0 Å². The van der Waals surface area contributed by atoms with Crippen LogP contribution in [0.1, 0.15) is 15.9 Å². The van der Waals surface area contributed by atoms with Gasteiger partial charge in [-0.1, -0.05) is 36.4 Å². The monoisotopic (exact) mass is 347 g/mol. The zero-order valence-corrected chi connectivity index (χ0v) is 13.7. The molecule has 0 aromatic heterocycles. The van der Waals surface area contributed by atoms with Gasteiger partial charge in [0.05, 0.1) is 11.3 Å². The van der Waals surface area contributed by atoms with Crippen LogP contribution in [0.4, 0.5) is 5.69 Å². The molecule has 0 saturated heterocycles. The van der Waals surface area contributed by atoms with Crippen LogP contribution in [0.2, 0.25) is 0 Å². The number of rotatable bonds is 4. The molecule has 0 atom stereocenters. The molecule has 0 spiro atoms. The van der Waals surface area contributed by atoms with Gasteiger partial charge in [0.1, 0.15) is 5.84 Å². The fourth-order valence-corrected chi connectivity index (χ4v) is 2.91. The zero-order chi connectivity index (χ0) is 18.8. The lowest BCUT2D eigenvalue weighted by atomic mass is 9.92. The van der Waals surface area contributed by atoms with Crippen molar-refractivity contribution in [1.82, 2.24) is 0 Å². The summed E-state index contributed by atoms with van der Waals surface area (Å²) in [6.07, 6.45) is 0. The number of hydrogen-bond donors (Lipinski definition) is 6. The molecule has 0 radical (unpaired) electrons. The van der Waals surface area contributed by atoms with Crippen molar-refractivity contribution in [3.63, 3.8) is 0 Å². The molecule has 3 rings (SSSR count). The molecule has 0 aliphatic heterocycles. The van der Waals surface area contributed by atoms with Gasteiger partial charge < -0.3 is 21.9 Å². The molecule has 0 unspecified atom stereocenters.